The molecule has 0 aliphatic heterocycles. The van der Waals surface area contributed by atoms with E-state index in [1.807, 2.05) is 18.2 Å². The van der Waals surface area contributed by atoms with Gasteiger partial charge in [-0.15, -0.1) is 0 Å². The SMILES string of the molecule is O=C(O)CCNP(=O)(O)CCCSSc1ccccn1. The summed E-state index contributed by atoms with van der Waals surface area (Å²) in [6, 6.07) is 5.66. The first kappa shape index (κ1) is 17.5. The predicted octanol–water partition coefficient (Wildman–Crippen LogP) is 2.46. The first-order chi connectivity index (χ1) is 9.49. The van der Waals surface area contributed by atoms with Gasteiger partial charge in [0, 0.05) is 24.7 Å². The summed E-state index contributed by atoms with van der Waals surface area (Å²) in [6.45, 7) is 0.0128. The second-order valence-corrected chi connectivity index (χ2v) is 8.51. The van der Waals surface area contributed by atoms with E-state index < -0.39 is 13.5 Å². The lowest BCUT2D eigenvalue weighted by Gasteiger charge is -2.11. The average Bonchev–Trinajstić information content (AvgIpc) is 2.38. The zero-order chi connectivity index (χ0) is 14.8. The van der Waals surface area contributed by atoms with Crippen LogP contribution in [-0.4, -0.2) is 39.4 Å². The molecule has 0 aromatic carbocycles. The summed E-state index contributed by atoms with van der Waals surface area (Å²) in [5, 5.41) is 11.7. The minimum atomic E-state index is -3.41. The quantitative estimate of drug-likeness (QED) is 0.340. The Kier molecular flexibility index (Phi) is 8.25. The van der Waals surface area contributed by atoms with Crippen molar-refractivity contribution in [3.05, 3.63) is 24.4 Å². The minimum Gasteiger partial charge on any atom is -0.481 e. The van der Waals surface area contributed by atoms with Crippen LogP contribution in [0.2, 0.25) is 0 Å². The number of rotatable bonds is 10. The molecule has 1 rings (SSSR count). The molecule has 0 spiro atoms. The summed E-state index contributed by atoms with van der Waals surface area (Å²) in [4.78, 5) is 24.0. The molecule has 1 aromatic heterocycles. The van der Waals surface area contributed by atoms with Gasteiger partial charge in [-0.2, -0.15) is 0 Å². The number of pyridine rings is 1. The van der Waals surface area contributed by atoms with Gasteiger partial charge in [-0.05, 0) is 29.3 Å². The molecule has 9 heteroatoms. The fourth-order valence-corrected chi connectivity index (χ4v) is 4.64. The van der Waals surface area contributed by atoms with Crippen LogP contribution < -0.4 is 5.09 Å². The Labute approximate surface area is 125 Å². The Bertz CT molecular complexity index is 461. The van der Waals surface area contributed by atoms with Crippen molar-refractivity contribution in [1.82, 2.24) is 10.1 Å². The molecule has 1 heterocycles. The molecule has 0 saturated heterocycles. The molecule has 0 radical (unpaired) electrons. The maximum Gasteiger partial charge on any atom is 0.304 e. The highest BCUT2D eigenvalue weighted by atomic mass is 33.1. The minimum absolute atomic E-state index is 0.0128. The maximum absolute atomic E-state index is 11.7. The van der Waals surface area contributed by atoms with E-state index >= 15 is 0 Å². The van der Waals surface area contributed by atoms with E-state index in [0.717, 1.165) is 10.8 Å². The Morgan fingerprint density at radius 2 is 2.25 bits per heavy atom. The number of aliphatic carboxylic acids is 1. The van der Waals surface area contributed by atoms with Gasteiger partial charge in [0.2, 0.25) is 0 Å². The van der Waals surface area contributed by atoms with Crippen LogP contribution >= 0.6 is 29.1 Å². The van der Waals surface area contributed by atoms with Gasteiger partial charge in [-0.3, -0.25) is 9.36 Å². The zero-order valence-electron chi connectivity index (χ0n) is 10.8. The molecule has 0 fully saturated rings. The van der Waals surface area contributed by atoms with Gasteiger partial charge in [0.1, 0.15) is 5.03 Å². The first-order valence-electron chi connectivity index (χ1n) is 5.99. The Morgan fingerprint density at radius 3 is 2.90 bits per heavy atom. The summed E-state index contributed by atoms with van der Waals surface area (Å²) in [6.07, 6.45) is 2.28. The molecule has 112 valence electrons. The molecular formula is C11H17N2O4PS2. The van der Waals surface area contributed by atoms with E-state index in [1.165, 1.54) is 10.8 Å². The molecule has 0 bridgehead atoms. The lowest BCUT2D eigenvalue weighted by atomic mass is 10.5. The summed E-state index contributed by atoms with van der Waals surface area (Å²) in [5.74, 6) is -0.258. The van der Waals surface area contributed by atoms with Crippen LogP contribution in [-0.2, 0) is 9.36 Å². The normalized spacial score (nSPS) is 13.8. The van der Waals surface area contributed by atoms with Crippen molar-refractivity contribution in [3.63, 3.8) is 0 Å². The maximum atomic E-state index is 11.7. The molecule has 1 atom stereocenters. The molecule has 0 amide bonds. The number of hydrogen-bond donors (Lipinski definition) is 3. The van der Waals surface area contributed by atoms with Crippen LogP contribution in [0, 0.1) is 0 Å². The summed E-state index contributed by atoms with van der Waals surface area (Å²) < 4.78 is 11.7. The van der Waals surface area contributed by atoms with E-state index in [2.05, 4.69) is 10.1 Å². The van der Waals surface area contributed by atoms with E-state index in [-0.39, 0.29) is 19.1 Å². The van der Waals surface area contributed by atoms with E-state index in [1.54, 1.807) is 17.0 Å². The Morgan fingerprint density at radius 1 is 1.45 bits per heavy atom. The second kappa shape index (κ2) is 9.41. The van der Waals surface area contributed by atoms with Crippen molar-refractivity contribution in [2.45, 2.75) is 17.9 Å². The van der Waals surface area contributed by atoms with Crippen LogP contribution in [0.25, 0.3) is 0 Å². The summed E-state index contributed by atoms with van der Waals surface area (Å²) in [7, 11) is -0.308. The fourth-order valence-electron chi connectivity index (χ4n) is 1.25. The largest absolute Gasteiger partial charge is 0.481 e. The number of nitrogens with one attached hydrogen (secondary N) is 1. The number of aromatic nitrogens is 1. The number of carboxylic acids is 1. The lowest BCUT2D eigenvalue weighted by Crippen LogP contribution is -2.17. The van der Waals surface area contributed by atoms with Crippen LogP contribution in [0.4, 0.5) is 0 Å². The van der Waals surface area contributed by atoms with Gasteiger partial charge in [0.15, 0.2) is 0 Å². The number of nitrogens with zero attached hydrogens (tertiary/aromatic N) is 1. The van der Waals surface area contributed by atoms with Gasteiger partial charge in [0.05, 0.1) is 6.42 Å². The van der Waals surface area contributed by atoms with E-state index in [4.69, 9.17) is 5.11 Å². The standard InChI is InChI=1S/C11H17N2O4PS2/c14-11(15)5-7-13-18(16,17)8-3-9-19-20-10-4-1-2-6-12-10/h1-2,4,6H,3,5,7-9H2,(H,14,15)(H2,13,16,17). The highest BCUT2D eigenvalue weighted by Crippen LogP contribution is 2.37. The van der Waals surface area contributed by atoms with Crippen molar-refractivity contribution in [2.24, 2.45) is 0 Å². The lowest BCUT2D eigenvalue weighted by molar-refractivity contribution is -0.136. The number of hydrogen-bond acceptors (Lipinski definition) is 5. The van der Waals surface area contributed by atoms with Crippen molar-refractivity contribution >= 4 is 35.1 Å². The molecule has 0 saturated carbocycles. The smallest absolute Gasteiger partial charge is 0.304 e. The molecular weight excluding hydrogens is 319 g/mol. The third-order valence-electron chi connectivity index (χ3n) is 2.17. The number of carbonyl (C=O) groups is 1. The predicted molar refractivity (Wildman–Crippen MR) is 82.1 cm³/mol. The van der Waals surface area contributed by atoms with E-state index in [0.29, 0.717) is 6.42 Å². The van der Waals surface area contributed by atoms with Gasteiger partial charge >= 0.3 is 5.97 Å². The summed E-state index contributed by atoms with van der Waals surface area (Å²) >= 11 is 0. The van der Waals surface area contributed by atoms with Gasteiger partial charge in [-0.1, -0.05) is 16.9 Å². The van der Waals surface area contributed by atoms with E-state index in [9.17, 15) is 14.3 Å². The highest BCUT2D eigenvalue weighted by molar-refractivity contribution is 8.76. The second-order valence-electron chi connectivity index (χ2n) is 3.90. The molecule has 3 N–H and O–H groups in total. The van der Waals surface area contributed by atoms with Crippen molar-refractivity contribution in [2.75, 3.05) is 18.5 Å². The van der Waals surface area contributed by atoms with Crippen LogP contribution in [0.1, 0.15) is 12.8 Å². The summed E-state index contributed by atoms with van der Waals surface area (Å²) in [5.41, 5.74) is 0. The Balaban J connectivity index is 2.10. The Hall–Kier alpha value is -0.530. The number of carboxylic acid groups (broad SMARTS) is 1. The molecule has 1 aromatic rings. The van der Waals surface area contributed by atoms with Gasteiger partial charge in [-0.25, -0.2) is 10.1 Å². The van der Waals surface area contributed by atoms with Crippen molar-refractivity contribution < 1.29 is 19.4 Å². The molecule has 0 aliphatic rings. The monoisotopic (exact) mass is 336 g/mol. The highest BCUT2D eigenvalue weighted by Gasteiger charge is 2.16. The zero-order valence-corrected chi connectivity index (χ0v) is 13.3. The van der Waals surface area contributed by atoms with Crippen molar-refractivity contribution in [3.8, 4) is 0 Å². The van der Waals surface area contributed by atoms with Crippen LogP contribution in [0.5, 0.6) is 0 Å². The topological polar surface area (TPSA) is 99.5 Å². The van der Waals surface area contributed by atoms with Gasteiger partial charge < -0.3 is 10.00 Å². The van der Waals surface area contributed by atoms with Crippen LogP contribution in [0.3, 0.4) is 0 Å². The third kappa shape index (κ3) is 8.60. The van der Waals surface area contributed by atoms with Crippen molar-refractivity contribution in [1.29, 1.82) is 0 Å². The average molecular weight is 336 g/mol. The molecule has 0 aliphatic carbocycles. The van der Waals surface area contributed by atoms with Crippen LogP contribution in [0.15, 0.2) is 29.4 Å². The molecule has 1 unspecified atom stereocenters. The fraction of sp³-hybridized carbons (Fsp3) is 0.455. The third-order valence-corrected chi connectivity index (χ3v) is 6.16. The van der Waals surface area contributed by atoms with Gasteiger partial charge in [0.25, 0.3) is 7.52 Å². The first-order valence-corrected chi connectivity index (χ1v) is 10.2. The molecule has 6 nitrogen and oxygen atoms in total. The molecule has 20 heavy (non-hydrogen) atoms.